The summed E-state index contributed by atoms with van der Waals surface area (Å²) in [6.45, 7) is 5.44. The molecule has 0 amide bonds. The van der Waals surface area contributed by atoms with Crippen molar-refractivity contribution in [2.75, 3.05) is 5.73 Å². The van der Waals surface area contributed by atoms with Crippen molar-refractivity contribution in [3.8, 4) is 0 Å². The van der Waals surface area contributed by atoms with Crippen molar-refractivity contribution in [1.29, 1.82) is 0 Å². The van der Waals surface area contributed by atoms with Crippen LogP contribution >= 0.6 is 0 Å². The molecule has 0 aliphatic rings. The number of rotatable bonds is 3. The number of allylic oxidation sites excluding steroid dienone is 1. The molecule has 0 radical (unpaired) electrons. The van der Waals surface area contributed by atoms with Gasteiger partial charge >= 0.3 is 0 Å². The van der Waals surface area contributed by atoms with Crippen molar-refractivity contribution in [3.05, 3.63) is 42.2 Å². The molecule has 1 aromatic rings. The molecule has 0 saturated carbocycles. The molecule has 0 saturated heterocycles. The molecule has 0 aromatic heterocycles. The average Bonchev–Trinajstić information content (AvgIpc) is 2.08. The van der Waals surface area contributed by atoms with Gasteiger partial charge in [-0.05, 0) is 24.1 Å². The number of anilines is 1. The van der Waals surface area contributed by atoms with Crippen LogP contribution in [-0.4, -0.2) is 5.11 Å². The molecule has 2 heteroatoms. The van der Waals surface area contributed by atoms with Gasteiger partial charge in [0, 0.05) is 11.6 Å². The zero-order valence-electron chi connectivity index (χ0n) is 7.83. The van der Waals surface area contributed by atoms with Gasteiger partial charge in [-0.1, -0.05) is 25.6 Å². The second-order valence-corrected chi connectivity index (χ2v) is 3.34. The molecule has 0 aliphatic heterocycles. The molecule has 3 N–H and O–H groups in total. The summed E-state index contributed by atoms with van der Waals surface area (Å²) >= 11 is 0. The van der Waals surface area contributed by atoms with Gasteiger partial charge in [-0.2, -0.15) is 0 Å². The van der Waals surface area contributed by atoms with Gasteiger partial charge < -0.3 is 10.8 Å². The lowest BCUT2D eigenvalue weighted by Crippen LogP contribution is -2.02. The van der Waals surface area contributed by atoms with Crippen molar-refractivity contribution in [2.45, 2.75) is 13.3 Å². The van der Waals surface area contributed by atoms with E-state index in [2.05, 4.69) is 6.58 Å². The molecule has 1 rings (SSSR count). The largest absolute Gasteiger partial charge is 0.513 e. The van der Waals surface area contributed by atoms with E-state index in [0.29, 0.717) is 0 Å². The first-order chi connectivity index (χ1) is 6.09. The van der Waals surface area contributed by atoms with E-state index in [1.165, 1.54) is 0 Å². The monoisotopic (exact) mass is 177 g/mol. The van der Waals surface area contributed by atoms with E-state index in [0.717, 1.165) is 17.7 Å². The van der Waals surface area contributed by atoms with Crippen molar-refractivity contribution in [1.82, 2.24) is 0 Å². The summed E-state index contributed by atoms with van der Waals surface area (Å²) in [4.78, 5) is 0. The molecule has 70 valence electrons. The number of aliphatic hydroxyl groups excluding tert-OH is 1. The summed E-state index contributed by atoms with van der Waals surface area (Å²) in [5.74, 6) is 0.334. The van der Waals surface area contributed by atoms with E-state index in [1.54, 1.807) is 0 Å². The lowest BCUT2D eigenvalue weighted by molar-refractivity contribution is 0.342. The first-order valence-corrected chi connectivity index (χ1v) is 4.32. The number of aliphatic hydroxyl groups is 1. The van der Waals surface area contributed by atoms with Gasteiger partial charge in [0.25, 0.3) is 0 Å². The van der Waals surface area contributed by atoms with Gasteiger partial charge in [0.2, 0.25) is 0 Å². The second kappa shape index (κ2) is 3.99. The van der Waals surface area contributed by atoms with E-state index in [1.807, 2.05) is 31.2 Å². The smallest absolute Gasteiger partial charge is 0.0882 e. The highest BCUT2D eigenvalue weighted by Gasteiger charge is 2.05. The van der Waals surface area contributed by atoms with E-state index >= 15 is 0 Å². The molecule has 0 fully saturated rings. The summed E-state index contributed by atoms with van der Waals surface area (Å²) in [6, 6.07) is 7.66. The molecule has 0 bridgehead atoms. The highest BCUT2D eigenvalue weighted by atomic mass is 16.3. The van der Waals surface area contributed by atoms with Crippen LogP contribution in [0.4, 0.5) is 5.69 Å². The zero-order chi connectivity index (χ0) is 9.84. The average molecular weight is 177 g/mol. The van der Waals surface area contributed by atoms with Gasteiger partial charge in [-0.3, -0.25) is 0 Å². The Kier molecular flexibility index (Phi) is 2.96. The van der Waals surface area contributed by atoms with Gasteiger partial charge in [0.1, 0.15) is 0 Å². The SMILES string of the molecule is C=C(O)C(C)Cc1ccc(N)cc1. The minimum atomic E-state index is 0.101. The lowest BCUT2D eigenvalue weighted by atomic mass is 10.00. The molecule has 1 aromatic carbocycles. The fourth-order valence-electron chi connectivity index (χ4n) is 1.13. The Morgan fingerprint density at radius 1 is 1.46 bits per heavy atom. The van der Waals surface area contributed by atoms with Crippen LogP contribution < -0.4 is 5.73 Å². The van der Waals surface area contributed by atoms with Gasteiger partial charge in [0.05, 0.1) is 5.76 Å². The molecule has 2 nitrogen and oxygen atoms in total. The van der Waals surface area contributed by atoms with Crippen LogP contribution in [0.15, 0.2) is 36.6 Å². The topological polar surface area (TPSA) is 46.2 Å². The zero-order valence-corrected chi connectivity index (χ0v) is 7.83. The third-order valence-electron chi connectivity index (χ3n) is 2.09. The van der Waals surface area contributed by atoms with Crippen LogP contribution in [0, 0.1) is 5.92 Å². The number of nitrogens with two attached hydrogens (primary N) is 1. The number of benzene rings is 1. The number of hydrogen-bond donors (Lipinski definition) is 2. The summed E-state index contributed by atoms with van der Waals surface area (Å²) in [7, 11) is 0. The van der Waals surface area contributed by atoms with Gasteiger partial charge in [-0.15, -0.1) is 0 Å². The highest BCUT2D eigenvalue weighted by Crippen LogP contribution is 2.14. The fraction of sp³-hybridized carbons (Fsp3) is 0.273. The first-order valence-electron chi connectivity index (χ1n) is 4.32. The second-order valence-electron chi connectivity index (χ2n) is 3.34. The Bertz CT molecular complexity index is 289. The molecule has 1 atom stereocenters. The molecule has 13 heavy (non-hydrogen) atoms. The Morgan fingerprint density at radius 2 is 2.00 bits per heavy atom. The van der Waals surface area contributed by atoms with E-state index in [9.17, 15) is 0 Å². The minimum absolute atomic E-state index is 0.101. The molecular weight excluding hydrogens is 162 g/mol. The van der Waals surface area contributed by atoms with Crippen LogP contribution in [-0.2, 0) is 6.42 Å². The molecule has 0 heterocycles. The van der Waals surface area contributed by atoms with Crippen LogP contribution in [0.25, 0.3) is 0 Å². The van der Waals surface area contributed by atoms with Crippen molar-refractivity contribution >= 4 is 5.69 Å². The Labute approximate surface area is 78.7 Å². The third kappa shape index (κ3) is 2.82. The predicted molar refractivity (Wildman–Crippen MR) is 55.5 cm³/mol. The summed E-state index contributed by atoms with van der Waals surface area (Å²) < 4.78 is 0. The maximum atomic E-state index is 9.12. The van der Waals surface area contributed by atoms with Gasteiger partial charge in [0.15, 0.2) is 0 Å². The van der Waals surface area contributed by atoms with Gasteiger partial charge in [-0.25, -0.2) is 0 Å². The Morgan fingerprint density at radius 3 is 2.46 bits per heavy atom. The van der Waals surface area contributed by atoms with Crippen LogP contribution in [0.2, 0.25) is 0 Å². The molecule has 1 unspecified atom stereocenters. The molecule has 0 aliphatic carbocycles. The maximum Gasteiger partial charge on any atom is 0.0882 e. The Hall–Kier alpha value is -1.44. The minimum Gasteiger partial charge on any atom is -0.513 e. The first kappa shape index (κ1) is 9.65. The predicted octanol–water partition coefficient (Wildman–Crippen LogP) is 2.52. The Balaban J connectivity index is 2.64. The third-order valence-corrected chi connectivity index (χ3v) is 2.09. The standard InChI is InChI=1S/C11H15NO/c1-8(9(2)13)7-10-3-5-11(12)6-4-10/h3-6,8,13H,2,7,12H2,1H3. The lowest BCUT2D eigenvalue weighted by Gasteiger charge is -2.09. The number of hydrogen-bond acceptors (Lipinski definition) is 2. The summed E-state index contributed by atoms with van der Waals surface area (Å²) in [5, 5.41) is 9.12. The highest BCUT2D eigenvalue weighted by molar-refractivity contribution is 5.39. The van der Waals surface area contributed by atoms with E-state index in [-0.39, 0.29) is 11.7 Å². The summed E-state index contributed by atoms with van der Waals surface area (Å²) in [5.41, 5.74) is 7.48. The molecular formula is C11H15NO. The number of nitrogen functional groups attached to an aromatic ring is 1. The van der Waals surface area contributed by atoms with Crippen molar-refractivity contribution in [3.63, 3.8) is 0 Å². The molecule has 0 spiro atoms. The summed E-state index contributed by atoms with van der Waals surface area (Å²) in [6.07, 6.45) is 0.801. The van der Waals surface area contributed by atoms with E-state index < -0.39 is 0 Å². The fourth-order valence-corrected chi connectivity index (χ4v) is 1.13. The van der Waals surface area contributed by atoms with Crippen molar-refractivity contribution in [2.24, 2.45) is 5.92 Å². The normalized spacial score (nSPS) is 12.4. The van der Waals surface area contributed by atoms with Crippen LogP contribution in [0.3, 0.4) is 0 Å². The van der Waals surface area contributed by atoms with Crippen molar-refractivity contribution < 1.29 is 5.11 Å². The quantitative estimate of drug-likeness (QED) is 0.550. The van der Waals surface area contributed by atoms with Crippen LogP contribution in [0.5, 0.6) is 0 Å². The van der Waals surface area contributed by atoms with Crippen LogP contribution in [0.1, 0.15) is 12.5 Å². The maximum absolute atomic E-state index is 9.12. The van der Waals surface area contributed by atoms with E-state index in [4.69, 9.17) is 10.8 Å².